The Labute approximate surface area is 116 Å². The van der Waals surface area contributed by atoms with E-state index >= 15 is 0 Å². The van der Waals surface area contributed by atoms with E-state index in [2.05, 4.69) is 0 Å². The van der Waals surface area contributed by atoms with Crippen LogP contribution < -0.4 is 0 Å². The molecule has 0 aliphatic rings. The zero-order chi connectivity index (χ0) is 13.8. The molecule has 0 atom stereocenters. The van der Waals surface area contributed by atoms with Gasteiger partial charge in [-0.1, -0.05) is 6.07 Å². The number of aromatic nitrogens is 1. The summed E-state index contributed by atoms with van der Waals surface area (Å²) in [6.07, 6.45) is 1.88. The minimum atomic E-state index is -0.0273. The summed E-state index contributed by atoms with van der Waals surface area (Å²) in [5, 5.41) is 11.1. The monoisotopic (exact) mass is 278 g/mol. The van der Waals surface area contributed by atoms with Gasteiger partial charge in [-0.15, -0.1) is 11.3 Å². The van der Waals surface area contributed by atoms with Crippen LogP contribution in [-0.2, 0) is 13.6 Å². The fourth-order valence-electron chi connectivity index (χ4n) is 1.97. The molecule has 1 amide bonds. The molecule has 102 valence electrons. The molecule has 2 heterocycles. The van der Waals surface area contributed by atoms with E-state index in [4.69, 9.17) is 5.11 Å². The number of hydrogen-bond donors (Lipinski definition) is 1. The van der Waals surface area contributed by atoms with Gasteiger partial charge in [-0.3, -0.25) is 4.79 Å². The van der Waals surface area contributed by atoms with Crippen LogP contribution in [0.3, 0.4) is 0 Å². The molecule has 0 aromatic carbocycles. The van der Waals surface area contributed by atoms with Gasteiger partial charge in [0.15, 0.2) is 0 Å². The smallest absolute Gasteiger partial charge is 0.256 e. The highest BCUT2D eigenvalue weighted by Crippen LogP contribution is 2.16. The molecule has 2 rings (SSSR count). The second-order valence-corrected chi connectivity index (χ2v) is 5.49. The van der Waals surface area contributed by atoms with Gasteiger partial charge in [-0.25, -0.2) is 0 Å². The number of nitrogens with zero attached hydrogens (tertiary/aromatic N) is 2. The Morgan fingerprint density at radius 2 is 2.26 bits per heavy atom. The van der Waals surface area contributed by atoms with Crippen molar-refractivity contribution in [2.75, 3.05) is 13.2 Å². The number of amides is 1. The highest BCUT2D eigenvalue weighted by atomic mass is 32.1. The molecule has 19 heavy (non-hydrogen) atoms. The van der Waals surface area contributed by atoms with Crippen LogP contribution >= 0.6 is 11.3 Å². The average Bonchev–Trinajstić information content (AvgIpc) is 3.00. The number of hydrogen-bond acceptors (Lipinski definition) is 3. The number of aliphatic hydroxyl groups excluding tert-OH is 1. The molecule has 0 fully saturated rings. The predicted molar refractivity (Wildman–Crippen MR) is 76.3 cm³/mol. The van der Waals surface area contributed by atoms with E-state index in [1.165, 1.54) is 0 Å². The first kappa shape index (κ1) is 13.8. The third kappa shape index (κ3) is 3.05. The van der Waals surface area contributed by atoms with Crippen molar-refractivity contribution in [3.8, 4) is 0 Å². The lowest BCUT2D eigenvalue weighted by molar-refractivity contribution is 0.0709. The molecule has 2 aromatic heterocycles. The van der Waals surface area contributed by atoms with E-state index in [1.54, 1.807) is 16.2 Å². The Balaban J connectivity index is 2.19. The van der Waals surface area contributed by atoms with Crippen LogP contribution in [0.25, 0.3) is 0 Å². The summed E-state index contributed by atoms with van der Waals surface area (Å²) < 4.78 is 1.93. The fourth-order valence-corrected chi connectivity index (χ4v) is 2.69. The largest absolute Gasteiger partial charge is 0.395 e. The Morgan fingerprint density at radius 3 is 2.79 bits per heavy atom. The number of carbonyl (C=O) groups is 1. The maximum Gasteiger partial charge on any atom is 0.256 e. The lowest BCUT2D eigenvalue weighted by Crippen LogP contribution is -2.33. The second kappa shape index (κ2) is 6.04. The first-order valence-corrected chi connectivity index (χ1v) is 7.06. The zero-order valence-corrected chi connectivity index (χ0v) is 12.0. The molecule has 0 saturated carbocycles. The minimum Gasteiger partial charge on any atom is -0.395 e. The third-order valence-corrected chi connectivity index (χ3v) is 4.06. The number of aliphatic hydroxyl groups is 1. The van der Waals surface area contributed by atoms with Crippen LogP contribution in [-0.4, -0.2) is 33.6 Å². The van der Waals surface area contributed by atoms with Crippen LogP contribution in [0.4, 0.5) is 0 Å². The van der Waals surface area contributed by atoms with Crippen molar-refractivity contribution >= 4 is 17.2 Å². The molecule has 1 N–H and O–H groups in total. The highest BCUT2D eigenvalue weighted by Gasteiger charge is 2.19. The first-order valence-electron chi connectivity index (χ1n) is 6.18. The molecule has 0 unspecified atom stereocenters. The summed E-state index contributed by atoms with van der Waals surface area (Å²) >= 11 is 1.62. The molecule has 0 spiro atoms. The molecule has 2 aromatic rings. The van der Waals surface area contributed by atoms with Crippen molar-refractivity contribution in [3.05, 3.63) is 45.9 Å². The SMILES string of the molecule is Cc1c(C(=O)N(CCO)Cc2cccs2)ccn1C. The maximum atomic E-state index is 12.5. The zero-order valence-electron chi connectivity index (χ0n) is 11.2. The Morgan fingerprint density at radius 1 is 1.47 bits per heavy atom. The van der Waals surface area contributed by atoms with E-state index in [0.717, 1.165) is 10.6 Å². The van der Waals surface area contributed by atoms with Crippen LogP contribution in [0.15, 0.2) is 29.8 Å². The van der Waals surface area contributed by atoms with Gasteiger partial charge in [0.05, 0.1) is 18.7 Å². The molecular formula is C14H18N2O2S. The Kier molecular flexibility index (Phi) is 4.39. The van der Waals surface area contributed by atoms with Crippen molar-refractivity contribution in [2.24, 2.45) is 7.05 Å². The van der Waals surface area contributed by atoms with Crippen molar-refractivity contribution in [1.29, 1.82) is 0 Å². The summed E-state index contributed by atoms with van der Waals surface area (Å²) in [6.45, 7) is 2.80. The summed E-state index contributed by atoms with van der Waals surface area (Å²) in [6, 6.07) is 5.80. The van der Waals surface area contributed by atoms with Crippen LogP contribution in [0, 0.1) is 6.92 Å². The standard InChI is InChI=1S/C14H18N2O2S/c1-11-13(5-6-15(11)2)14(18)16(7-8-17)10-12-4-3-9-19-12/h3-6,9,17H,7-8,10H2,1-2H3. The van der Waals surface area contributed by atoms with Gasteiger partial charge in [0.2, 0.25) is 0 Å². The molecule has 0 saturated heterocycles. The normalized spacial score (nSPS) is 10.7. The number of rotatable bonds is 5. The van der Waals surface area contributed by atoms with Crippen molar-refractivity contribution in [2.45, 2.75) is 13.5 Å². The van der Waals surface area contributed by atoms with Crippen LogP contribution in [0.5, 0.6) is 0 Å². The van der Waals surface area contributed by atoms with Crippen molar-refractivity contribution in [3.63, 3.8) is 0 Å². The molecule has 0 bridgehead atoms. The first-order chi connectivity index (χ1) is 9.13. The second-order valence-electron chi connectivity index (χ2n) is 4.46. The summed E-state index contributed by atoms with van der Waals surface area (Å²) in [4.78, 5) is 15.3. The van der Waals surface area contributed by atoms with Crippen molar-refractivity contribution in [1.82, 2.24) is 9.47 Å². The molecule has 0 aliphatic carbocycles. The summed E-state index contributed by atoms with van der Waals surface area (Å²) in [5.74, 6) is -0.0273. The van der Waals surface area contributed by atoms with E-state index in [0.29, 0.717) is 18.7 Å². The van der Waals surface area contributed by atoms with Gasteiger partial charge in [0.25, 0.3) is 5.91 Å². The van der Waals surface area contributed by atoms with Crippen molar-refractivity contribution < 1.29 is 9.90 Å². The number of carbonyl (C=O) groups excluding carboxylic acids is 1. The van der Waals surface area contributed by atoms with E-state index in [9.17, 15) is 4.79 Å². The average molecular weight is 278 g/mol. The number of thiophene rings is 1. The van der Waals surface area contributed by atoms with Gasteiger partial charge in [-0.2, -0.15) is 0 Å². The van der Waals surface area contributed by atoms with E-state index in [-0.39, 0.29) is 12.5 Å². The molecule has 4 nitrogen and oxygen atoms in total. The summed E-state index contributed by atoms with van der Waals surface area (Å²) in [5.41, 5.74) is 1.65. The molecular weight excluding hydrogens is 260 g/mol. The van der Waals surface area contributed by atoms with Crippen LogP contribution in [0.1, 0.15) is 20.9 Å². The van der Waals surface area contributed by atoms with Gasteiger partial charge in [-0.05, 0) is 24.4 Å². The highest BCUT2D eigenvalue weighted by molar-refractivity contribution is 7.09. The quantitative estimate of drug-likeness (QED) is 0.909. The summed E-state index contributed by atoms with van der Waals surface area (Å²) in [7, 11) is 1.92. The van der Waals surface area contributed by atoms with Crippen LogP contribution in [0.2, 0.25) is 0 Å². The lowest BCUT2D eigenvalue weighted by atomic mass is 10.2. The van der Waals surface area contributed by atoms with Gasteiger partial charge >= 0.3 is 0 Å². The molecule has 5 heteroatoms. The lowest BCUT2D eigenvalue weighted by Gasteiger charge is -2.21. The Hall–Kier alpha value is -1.59. The predicted octanol–water partition coefficient (Wildman–Crippen LogP) is 2.03. The number of aryl methyl sites for hydroxylation is 1. The third-order valence-electron chi connectivity index (χ3n) is 3.20. The van der Waals surface area contributed by atoms with Gasteiger partial charge in [0.1, 0.15) is 0 Å². The molecule has 0 radical (unpaired) electrons. The van der Waals surface area contributed by atoms with E-state index < -0.39 is 0 Å². The topological polar surface area (TPSA) is 45.5 Å². The maximum absolute atomic E-state index is 12.5. The molecule has 0 aliphatic heterocycles. The fraction of sp³-hybridized carbons (Fsp3) is 0.357. The Bertz CT molecular complexity index is 546. The van der Waals surface area contributed by atoms with Gasteiger partial charge in [0, 0.05) is 30.4 Å². The van der Waals surface area contributed by atoms with E-state index in [1.807, 2.05) is 48.3 Å². The van der Waals surface area contributed by atoms with Gasteiger partial charge < -0.3 is 14.6 Å². The minimum absolute atomic E-state index is 0.0248.